The van der Waals surface area contributed by atoms with Crippen molar-refractivity contribution >= 4 is 34.7 Å². The van der Waals surface area contributed by atoms with Crippen molar-refractivity contribution in [1.82, 2.24) is 4.57 Å². The van der Waals surface area contributed by atoms with E-state index in [4.69, 9.17) is 9.15 Å². The van der Waals surface area contributed by atoms with Gasteiger partial charge in [0.05, 0.1) is 28.7 Å². The summed E-state index contributed by atoms with van der Waals surface area (Å²) in [5.41, 5.74) is 0.761. The van der Waals surface area contributed by atoms with Gasteiger partial charge in [0.1, 0.15) is 11.8 Å². The molecule has 4 rings (SSSR count). The smallest absolute Gasteiger partial charge is 0.338 e. The number of allylic oxidation sites excluding steroid dienone is 1. The molecule has 8 heteroatoms. The summed E-state index contributed by atoms with van der Waals surface area (Å²) in [6, 6.07) is 6.82. The lowest BCUT2D eigenvalue weighted by molar-refractivity contribution is -0.139. The van der Waals surface area contributed by atoms with Crippen molar-refractivity contribution in [2.24, 2.45) is 4.99 Å². The van der Waals surface area contributed by atoms with E-state index in [1.807, 2.05) is 17.5 Å². The number of hydrogen-bond acceptors (Lipinski definition) is 7. The first kappa shape index (κ1) is 17.7. The van der Waals surface area contributed by atoms with Crippen LogP contribution in [0.25, 0.3) is 6.08 Å². The van der Waals surface area contributed by atoms with E-state index in [2.05, 4.69) is 4.99 Å². The molecule has 0 fully saturated rings. The third-order valence-electron chi connectivity index (χ3n) is 4.15. The topological polar surface area (TPSA) is 73.8 Å². The van der Waals surface area contributed by atoms with Gasteiger partial charge in [0.2, 0.25) is 0 Å². The molecule has 1 atom stereocenters. The molecule has 6 nitrogen and oxygen atoms in total. The lowest BCUT2D eigenvalue weighted by Gasteiger charge is -2.23. The predicted molar refractivity (Wildman–Crippen MR) is 103 cm³/mol. The average Bonchev–Trinajstić information content (AvgIpc) is 3.38. The van der Waals surface area contributed by atoms with E-state index in [-0.39, 0.29) is 12.2 Å². The van der Waals surface area contributed by atoms with Crippen LogP contribution in [-0.4, -0.2) is 17.1 Å². The molecule has 0 unspecified atom stereocenters. The third-order valence-corrected chi connectivity index (χ3v) is 6.05. The molecule has 1 aliphatic rings. The second-order valence-corrected chi connectivity index (χ2v) is 7.82. The Kier molecular flexibility index (Phi) is 4.67. The molecule has 0 aliphatic carbocycles. The maximum Gasteiger partial charge on any atom is 0.338 e. The Bertz CT molecular complexity index is 1180. The zero-order valence-corrected chi connectivity index (χ0v) is 16.3. The molecule has 0 saturated carbocycles. The van der Waals surface area contributed by atoms with Crippen LogP contribution in [0.1, 0.15) is 30.5 Å². The van der Waals surface area contributed by atoms with Crippen LogP contribution in [0.3, 0.4) is 0 Å². The Morgan fingerprint density at radius 3 is 2.93 bits per heavy atom. The first-order valence-electron chi connectivity index (χ1n) is 8.36. The summed E-state index contributed by atoms with van der Waals surface area (Å²) < 4.78 is 12.6. The van der Waals surface area contributed by atoms with Gasteiger partial charge in [0.25, 0.3) is 5.56 Å². The van der Waals surface area contributed by atoms with Crippen LogP contribution in [0.4, 0.5) is 0 Å². The first-order valence-corrected chi connectivity index (χ1v) is 10.1. The van der Waals surface area contributed by atoms with E-state index >= 15 is 0 Å². The second-order valence-electron chi connectivity index (χ2n) is 5.83. The fraction of sp³-hybridized carbons (Fsp3) is 0.211. The van der Waals surface area contributed by atoms with Crippen molar-refractivity contribution in [2.45, 2.75) is 19.9 Å². The zero-order chi connectivity index (χ0) is 19.0. The number of rotatable bonds is 4. The molecule has 1 aliphatic heterocycles. The average molecular weight is 400 g/mol. The quantitative estimate of drug-likeness (QED) is 0.631. The Morgan fingerprint density at radius 1 is 1.41 bits per heavy atom. The van der Waals surface area contributed by atoms with E-state index in [1.54, 1.807) is 42.9 Å². The Hall–Kier alpha value is -2.71. The molecule has 0 bridgehead atoms. The molecule has 0 amide bonds. The van der Waals surface area contributed by atoms with Crippen molar-refractivity contribution in [3.63, 3.8) is 0 Å². The molecule has 138 valence electrons. The largest absolute Gasteiger partial charge is 0.465 e. The van der Waals surface area contributed by atoms with Crippen LogP contribution in [0, 0.1) is 0 Å². The van der Waals surface area contributed by atoms with Crippen molar-refractivity contribution in [2.75, 3.05) is 6.61 Å². The van der Waals surface area contributed by atoms with Gasteiger partial charge in [-0.05, 0) is 37.4 Å². The SMILES string of the molecule is CCOC(=O)C1=C(C)N=c2s/c(=C/c3ccco3)c(=O)n2[C@@H]1c1cccs1. The highest BCUT2D eigenvalue weighted by Gasteiger charge is 2.33. The monoisotopic (exact) mass is 400 g/mol. The number of fused-ring (bicyclic) bond motifs is 1. The lowest BCUT2D eigenvalue weighted by Crippen LogP contribution is -2.39. The highest BCUT2D eigenvalue weighted by Crippen LogP contribution is 2.33. The fourth-order valence-corrected chi connectivity index (χ4v) is 4.86. The Morgan fingerprint density at radius 2 is 2.26 bits per heavy atom. The van der Waals surface area contributed by atoms with E-state index in [1.165, 1.54) is 22.7 Å². The number of hydrogen-bond donors (Lipinski definition) is 0. The number of thiophene rings is 1. The standard InChI is InChI=1S/C19H16N2O4S2/c1-3-24-18(23)15-11(2)20-19-21(16(15)13-7-5-9-26-13)17(22)14(27-19)10-12-6-4-8-25-12/h4-10,16H,3H2,1-2H3/b14-10+/t16-/m1/s1. The molecule has 3 aromatic heterocycles. The molecule has 0 aromatic carbocycles. The number of ether oxygens (including phenoxy) is 1. The van der Waals surface area contributed by atoms with Gasteiger partial charge in [-0.3, -0.25) is 9.36 Å². The summed E-state index contributed by atoms with van der Waals surface area (Å²) in [7, 11) is 0. The molecular formula is C19H16N2O4S2. The van der Waals surface area contributed by atoms with Crippen LogP contribution in [0.5, 0.6) is 0 Å². The van der Waals surface area contributed by atoms with Gasteiger partial charge in [-0.2, -0.15) is 0 Å². The number of esters is 1. The van der Waals surface area contributed by atoms with Gasteiger partial charge in [0, 0.05) is 11.0 Å². The summed E-state index contributed by atoms with van der Waals surface area (Å²) in [5.74, 6) is 0.145. The highest BCUT2D eigenvalue weighted by molar-refractivity contribution is 7.10. The van der Waals surface area contributed by atoms with Crippen molar-refractivity contribution < 1.29 is 13.9 Å². The molecular weight excluding hydrogens is 384 g/mol. The minimum absolute atomic E-state index is 0.206. The van der Waals surface area contributed by atoms with E-state index in [9.17, 15) is 9.59 Å². The molecule has 4 heterocycles. The first-order chi connectivity index (χ1) is 13.1. The van der Waals surface area contributed by atoms with Crippen LogP contribution >= 0.6 is 22.7 Å². The van der Waals surface area contributed by atoms with Crippen molar-refractivity contribution in [1.29, 1.82) is 0 Å². The summed E-state index contributed by atoms with van der Waals surface area (Å²) >= 11 is 2.77. The van der Waals surface area contributed by atoms with Crippen LogP contribution in [0.2, 0.25) is 0 Å². The highest BCUT2D eigenvalue weighted by atomic mass is 32.1. The van der Waals surface area contributed by atoms with Crippen LogP contribution in [-0.2, 0) is 9.53 Å². The van der Waals surface area contributed by atoms with Crippen LogP contribution < -0.4 is 14.9 Å². The van der Waals surface area contributed by atoms with Gasteiger partial charge >= 0.3 is 5.97 Å². The van der Waals surface area contributed by atoms with Crippen molar-refractivity contribution in [3.05, 3.63) is 77.5 Å². The predicted octanol–water partition coefficient (Wildman–Crippen LogP) is 2.45. The minimum atomic E-state index is -0.543. The van der Waals surface area contributed by atoms with Gasteiger partial charge in [0.15, 0.2) is 4.80 Å². The number of carbonyl (C=O) groups is 1. The zero-order valence-electron chi connectivity index (χ0n) is 14.7. The van der Waals surface area contributed by atoms with Gasteiger partial charge in [-0.15, -0.1) is 11.3 Å². The lowest BCUT2D eigenvalue weighted by atomic mass is 10.0. The van der Waals surface area contributed by atoms with Crippen molar-refractivity contribution in [3.8, 4) is 0 Å². The normalized spacial score (nSPS) is 17.0. The summed E-state index contributed by atoms with van der Waals surface area (Å²) in [5, 5.41) is 1.92. The van der Waals surface area contributed by atoms with Crippen LogP contribution in [0.15, 0.2) is 61.4 Å². The molecule has 3 aromatic rings. The number of thiazole rings is 1. The minimum Gasteiger partial charge on any atom is -0.465 e. The van der Waals surface area contributed by atoms with E-state index in [0.29, 0.717) is 26.4 Å². The summed E-state index contributed by atoms with van der Waals surface area (Å²) in [4.78, 5) is 31.7. The van der Waals surface area contributed by atoms with Gasteiger partial charge < -0.3 is 9.15 Å². The van der Waals surface area contributed by atoms with Gasteiger partial charge in [-0.25, -0.2) is 9.79 Å². The number of furan rings is 1. The van der Waals surface area contributed by atoms with E-state index < -0.39 is 12.0 Å². The number of aromatic nitrogens is 1. The Balaban J connectivity index is 1.96. The maximum atomic E-state index is 13.1. The molecule has 0 radical (unpaired) electrons. The molecule has 27 heavy (non-hydrogen) atoms. The van der Waals surface area contributed by atoms with E-state index in [0.717, 1.165) is 4.88 Å². The second kappa shape index (κ2) is 7.13. The number of nitrogens with zero attached hydrogens (tertiary/aromatic N) is 2. The maximum absolute atomic E-state index is 13.1. The fourth-order valence-electron chi connectivity index (χ4n) is 3.01. The summed E-state index contributed by atoms with van der Waals surface area (Å²) in [6.07, 6.45) is 3.25. The summed E-state index contributed by atoms with van der Waals surface area (Å²) in [6.45, 7) is 3.79. The third kappa shape index (κ3) is 3.11. The Labute approximate surface area is 162 Å². The molecule has 0 spiro atoms. The number of carbonyl (C=O) groups excluding carboxylic acids is 1. The molecule has 0 N–H and O–H groups in total. The molecule has 0 saturated heterocycles. The van der Waals surface area contributed by atoms with Gasteiger partial charge in [-0.1, -0.05) is 17.4 Å².